The molecule has 0 saturated heterocycles. The number of nitrogen functional groups attached to an aromatic ring is 1. The van der Waals surface area contributed by atoms with Crippen molar-refractivity contribution >= 4 is 5.82 Å². The van der Waals surface area contributed by atoms with Crippen LogP contribution in [0.4, 0.5) is 27.8 Å². The second kappa shape index (κ2) is 6.35. The summed E-state index contributed by atoms with van der Waals surface area (Å²) in [5, 5.41) is 4.20. The van der Waals surface area contributed by atoms with Crippen molar-refractivity contribution in [2.75, 3.05) is 5.73 Å². The Morgan fingerprint density at radius 3 is 2.56 bits per heavy atom. The number of aromatic nitrogens is 3. The van der Waals surface area contributed by atoms with E-state index >= 15 is 0 Å². The van der Waals surface area contributed by atoms with Gasteiger partial charge in [0.2, 0.25) is 0 Å². The molecule has 0 amide bonds. The number of ether oxygens (including phenoxy) is 1. The first kappa shape index (κ1) is 18.0. The summed E-state index contributed by atoms with van der Waals surface area (Å²) < 4.78 is 68.6. The molecule has 2 aromatic heterocycles. The smallest absolute Gasteiger partial charge is 0.402 e. The van der Waals surface area contributed by atoms with Gasteiger partial charge in [-0.05, 0) is 36.8 Å². The SMILES string of the molecule is Nc1ncc(-c2cc([C@H]3[C@@H]4CCC[C@@H]43)n(CC(F)F)n2)cc1OC(F)(F)F. The molecule has 4 rings (SSSR count). The van der Waals surface area contributed by atoms with E-state index in [4.69, 9.17) is 5.73 Å². The van der Waals surface area contributed by atoms with Gasteiger partial charge >= 0.3 is 6.36 Å². The van der Waals surface area contributed by atoms with E-state index in [9.17, 15) is 22.0 Å². The average molecular weight is 388 g/mol. The fraction of sp³-hybridized carbons (Fsp3) is 0.529. The maximum atomic E-state index is 13.0. The molecule has 0 unspecified atom stereocenters. The molecule has 2 saturated carbocycles. The van der Waals surface area contributed by atoms with Gasteiger partial charge < -0.3 is 10.5 Å². The summed E-state index contributed by atoms with van der Waals surface area (Å²) in [5.74, 6) is 0.0963. The summed E-state index contributed by atoms with van der Waals surface area (Å²) >= 11 is 0. The number of hydrogen-bond acceptors (Lipinski definition) is 4. The van der Waals surface area contributed by atoms with Crippen LogP contribution in [0.5, 0.6) is 5.75 Å². The molecular weight excluding hydrogens is 371 g/mol. The Morgan fingerprint density at radius 1 is 1.22 bits per heavy atom. The molecule has 0 bridgehead atoms. The summed E-state index contributed by atoms with van der Waals surface area (Å²) in [5.41, 5.74) is 6.64. The molecule has 2 fully saturated rings. The Labute approximate surface area is 151 Å². The number of halogens is 5. The summed E-state index contributed by atoms with van der Waals surface area (Å²) in [6.07, 6.45) is -2.97. The number of nitrogens with two attached hydrogens (primary N) is 1. The largest absolute Gasteiger partial charge is 0.573 e. The lowest BCUT2D eigenvalue weighted by Gasteiger charge is -2.11. The van der Waals surface area contributed by atoms with E-state index in [1.165, 1.54) is 10.9 Å². The first-order chi connectivity index (χ1) is 12.7. The minimum absolute atomic E-state index is 0.186. The Kier molecular flexibility index (Phi) is 4.23. The van der Waals surface area contributed by atoms with Crippen LogP contribution >= 0.6 is 0 Å². The topological polar surface area (TPSA) is 66.0 Å². The maximum Gasteiger partial charge on any atom is 0.573 e. The molecule has 2 N–H and O–H groups in total. The number of hydrogen-bond donors (Lipinski definition) is 1. The van der Waals surface area contributed by atoms with Gasteiger partial charge in [-0.1, -0.05) is 6.42 Å². The molecule has 27 heavy (non-hydrogen) atoms. The molecule has 0 aromatic carbocycles. The average Bonchev–Trinajstić information content (AvgIpc) is 2.93. The Balaban J connectivity index is 1.67. The van der Waals surface area contributed by atoms with Crippen LogP contribution in [0, 0.1) is 11.8 Å². The van der Waals surface area contributed by atoms with Gasteiger partial charge in [-0.3, -0.25) is 4.68 Å². The minimum Gasteiger partial charge on any atom is -0.402 e. The highest BCUT2D eigenvalue weighted by atomic mass is 19.4. The third kappa shape index (κ3) is 3.57. The lowest BCUT2D eigenvalue weighted by atomic mass is 10.1. The van der Waals surface area contributed by atoms with Crippen LogP contribution in [0.2, 0.25) is 0 Å². The molecule has 3 atom stereocenters. The first-order valence-electron chi connectivity index (χ1n) is 8.60. The number of nitrogens with zero attached hydrogens (tertiary/aromatic N) is 3. The highest BCUT2D eigenvalue weighted by Crippen LogP contribution is 2.63. The van der Waals surface area contributed by atoms with Gasteiger partial charge in [0, 0.05) is 23.4 Å². The highest BCUT2D eigenvalue weighted by Gasteiger charge is 2.54. The fourth-order valence-electron chi connectivity index (χ4n) is 4.18. The highest BCUT2D eigenvalue weighted by molar-refractivity contribution is 5.64. The zero-order chi connectivity index (χ0) is 19.3. The van der Waals surface area contributed by atoms with Gasteiger partial charge in [-0.2, -0.15) is 5.10 Å². The zero-order valence-corrected chi connectivity index (χ0v) is 14.1. The Morgan fingerprint density at radius 2 is 1.93 bits per heavy atom. The van der Waals surface area contributed by atoms with Crippen LogP contribution in [0.15, 0.2) is 18.3 Å². The van der Waals surface area contributed by atoms with Crippen LogP contribution < -0.4 is 10.5 Å². The van der Waals surface area contributed by atoms with E-state index in [2.05, 4.69) is 14.8 Å². The molecule has 146 valence electrons. The summed E-state index contributed by atoms with van der Waals surface area (Å²) in [4.78, 5) is 3.71. The lowest BCUT2D eigenvalue weighted by molar-refractivity contribution is -0.274. The standard InChI is InChI=1S/C17H17F5N4O/c18-14(19)7-26-12(15-9-2-1-3-10(9)15)5-11(25-26)8-4-13(16(23)24-6-8)27-17(20,21)22/h4-6,9-10,14-15H,1-3,7H2,(H2,23,24)/t9-,10+,15+. The number of alkyl halides is 5. The zero-order valence-electron chi connectivity index (χ0n) is 14.1. The van der Waals surface area contributed by atoms with Gasteiger partial charge in [-0.15, -0.1) is 13.2 Å². The first-order valence-corrected chi connectivity index (χ1v) is 8.60. The molecule has 5 nitrogen and oxygen atoms in total. The van der Waals surface area contributed by atoms with Gasteiger partial charge in [0.1, 0.15) is 6.54 Å². The molecular formula is C17H17F5N4O. The Hall–Kier alpha value is -2.39. The van der Waals surface area contributed by atoms with Crippen molar-refractivity contribution < 1.29 is 26.7 Å². The molecule has 2 aromatic rings. The fourth-order valence-corrected chi connectivity index (χ4v) is 4.18. The normalized spacial score (nSPS) is 24.3. The van der Waals surface area contributed by atoms with Crippen molar-refractivity contribution in [2.24, 2.45) is 11.8 Å². The van der Waals surface area contributed by atoms with Crippen LogP contribution in [0.3, 0.4) is 0 Å². The molecule has 2 heterocycles. The van der Waals surface area contributed by atoms with Crippen LogP contribution in [0.1, 0.15) is 30.9 Å². The van der Waals surface area contributed by atoms with Crippen LogP contribution in [0.25, 0.3) is 11.3 Å². The monoisotopic (exact) mass is 388 g/mol. The van der Waals surface area contributed by atoms with Gasteiger partial charge in [0.15, 0.2) is 11.6 Å². The summed E-state index contributed by atoms with van der Waals surface area (Å²) in [6.45, 7) is -0.556. The van der Waals surface area contributed by atoms with Crippen molar-refractivity contribution in [3.8, 4) is 17.0 Å². The molecule has 2 aliphatic carbocycles. The number of rotatable bonds is 5. The van der Waals surface area contributed by atoms with Gasteiger partial charge in [-0.25, -0.2) is 13.8 Å². The maximum absolute atomic E-state index is 13.0. The van der Waals surface area contributed by atoms with Crippen molar-refractivity contribution in [1.29, 1.82) is 0 Å². The Bertz CT molecular complexity index is 840. The lowest BCUT2D eigenvalue weighted by Crippen LogP contribution is -2.18. The van der Waals surface area contributed by atoms with Crippen molar-refractivity contribution in [3.05, 3.63) is 24.0 Å². The molecule has 10 heteroatoms. The van der Waals surface area contributed by atoms with E-state index in [1.807, 2.05) is 0 Å². The van der Waals surface area contributed by atoms with Gasteiger partial charge in [0.05, 0.1) is 5.69 Å². The van der Waals surface area contributed by atoms with E-state index in [1.54, 1.807) is 6.07 Å². The molecule has 0 aliphatic heterocycles. The third-order valence-corrected chi connectivity index (χ3v) is 5.27. The predicted molar refractivity (Wildman–Crippen MR) is 86.1 cm³/mol. The van der Waals surface area contributed by atoms with E-state index < -0.39 is 30.9 Å². The summed E-state index contributed by atoms with van der Waals surface area (Å²) in [6, 6.07) is 2.73. The van der Waals surface area contributed by atoms with Crippen molar-refractivity contribution in [3.63, 3.8) is 0 Å². The van der Waals surface area contributed by atoms with Crippen LogP contribution in [-0.4, -0.2) is 27.6 Å². The number of anilines is 1. The van der Waals surface area contributed by atoms with E-state index in [0.29, 0.717) is 17.5 Å². The molecule has 0 radical (unpaired) electrons. The molecule has 0 spiro atoms. The number of fused-ring (bicyclic) bond motifs is 1. The quantitative estimate of drug-likeness (QED) is 0.780. The second-order valence-corrected chi connectivity index (χ2v) is 6.97. The van der Waals surface area contributed by atoms with Gasteiger partial charge in [0.25, 0.3) is 6.43 Å². The predicted octanol–water partition coefficient (Wildman–Crippen LogP) is 4.20. The van der Waals surface area contributed by atoms with E-state index in [0.717, 1.165) is 25.3 Å². The van der Waals surface area contributed by atoms with Crippen LogP contribution in [-0.2, 0) is 6.54 Å². The third-order valence-electron chi connectivity index (χ3n) is 5.27. The van der Waals surface area contributed by atoms with Crippen molar-refractivity contribution in [1.82, 2.24) is 14.8 Å². The van der Waals surface area contributed by atoms with Crippen molar-refractivity contribution in [2.45, 2.75) is 44.5 Å². The van der Waals surface area contributed by atoms with E-state index in [-0.39, 0.29) is 17.2 Å². The second-order valence-electron chi connectivity index (χ2n) is 6.97. The minimum atomic E-state index is -4.92. The summed E-state index contributed by atoms with van der Waals surface area (Å²) in [7, 11) is 0. The molecule has 2 aliphatic rings. The number of pyridine rings is 1.